The second-order valence-corrected chi connectivity index (χ2v) is 3.96. The topological polar surface area (TPSA) is 58.9 Å². The highest BCUT2D eigenvalue weighted by Crippen LogP contribution is 2.25. The Balaban J connectivity index is 2.35. The molecule has 0 aromatic carbocycles. The van der Waals surface area contributed by atoms with Gasteiger partial charge in [-0.3, -0.25) is 5.10 Å². The summed E-state index contributed by atoms with van der Waals surface area (Å²) in [7, 11) is 0. The van der Waals surface area contributed by atoms with Crippen molar-refractivity contribution < 1.29 is 0 Å². The number of aromatic nitrogens is 5. The van der Waals surface area contributed by atoms with Crippen LogP contribution < -0.4 is 0 Å². The SMILES string of the molecule is Clc1cc(Cl)n2ncc(-c3cn[nH]c3)c2n1. The van der Waals surface area contributed by atoms with Crippen LogP contribution in [0.2, 0.25) is 10.3 Å². The fraction of sp³-hybridized carbons (Fsp3) is 0. The Kier molecular flexibility index (Phi) is 2.08. The molecule has 1 N–H and O–H groups in total. The van der Waals surface area contributed by atoms with Gasteiger partial charge < -0.3 is 0 Å². The maximum Gasteiger partial charge on any atom is 0.166 e. The van der Waals surface area contributed by atoms with Gasteiger partial charge in [0, 0.05) is 23.4 Å². The van der Waals surface area contributed by atoms with Crippen molar-refractivity contribution in [1.82, 2.24) is 24.8 Å². The highest BCUT2D eigenvalue weighted by molar-refractivity contribution is 6.33. The van der Waals surface area contributed by atoms with Crippen molar-refractivity contribution >= 4 is 28.8 Å². The van der Waals surface area contributed by atoms with E-state index in [0.29, 0.717) is 16.0 Å². The molecule has 3 aromatic heterocycles. The van der Waals surface area contributed by atoms with Crippen LogP contribution in [0.1, 0.15) is 0 Å². The number of nitrogens with zero attached hydrogens (tertiary/aromatic N) is 4. The lowest BCUT2D eigenvalue weighted by molar-refractivity contribution is 0.940. The molecule has 3 aromatic rings. The highest BCUT2D eigenvalue weighted by atomic mass is 35.5. The third kappa shape index (κ3) is 1.36. The number of nitrogens with one attached hydrogen (secondary N) is 1. The summed E-state index contributed by atoms with van der Waals surface area (Å²) in [4.78, 5) is 4.19. The van der Waals surface area contributed by atoms with Crippen molar-refractivity contribution in [3.63, 3.8) is 0 Å². The first-order chi connectivity index (χ1) is 7.75. The van der Waals surface area contributed by atoms with Gasteiger partial charge >= 0.3 is 0 Å². The molecule has 0 radical (unpaired) electrons. The van der Waals surface area contributed by atoms with Crippen molar-refractivity contribution in [2.75, 3.05) is 0 Å². The third-order valence-electron chi connectivity index (χ3n) is 2.21. The first-order valence-electron chi connectivity index (χ1n) is 4.44. The molecule has 0 amide bonds. The summed E-state index contributed by atoms with van der Waals surface area (Å²) in [6.07, 6.45) is 5.12. The lowest BCUT2D eigenvalue weighted by atomic mass is 10.2. The number of hydrogen-bond donors (Lipinski definition) is 1. The van der Waals surface area contributed by atoms with E-state index in [0.717, 1.165) is 11.1 Å². The minimum atomic E-state index is 0.336. The first-order valence-corrected chi connectivity index (χ1v) is 5.20. The second-order valence-electron chi connectivity index (χ2n) is 3.18. The van der Waals surface area contributed by atoms with Gasteiger partial charge in [0.1, 0.15) is 10.3 Å². The van der Waals surface area contributed by atoms with Gasteiger partial charge in [-0.25, -0.2) is 9.50 Å². The van der Waals surface area contributed by atoms with Crippen LogP contribution in [-0.4, -0.2) is 24.8 Å². The molecule has 0 saturated carbocycles. The molecule has 0 spiro atoms. The van der Waals surface area contributed by atoms with Crippen LogP contribution in [0.3, 0.4) is 0 Å². The van der Waals surface area contributed by atoms with E-state index in [9.17, 15) is 0 Å². The smallest absolute Gasteiger partial charge is 0.166 e. The molecule has 5 nitrogen and oxygen atoms in total. The fourth-order valence-electron chi connectivity index (χ4n) is 1.50. The number of aromatic amines is 1. The molecule has 0 atom stereocenters. The van der Waals surface area contributed by atoms with Gasteiger partial charge in [-0.2, -0.15) is 10.2 Å². The minimum Gasteiger partial charge on any atom is -0.285 e. The zero-order valence-corrected chi connectivity index (χ0v) is 9.37. The Morgan fingerprint density at radius 2 is 2.12 bits per heavy atom. The van der Waals surface area contributed by atoms with Gasteiger partial charge in [-0.05, 0) is 0 Å². The van der Waals surface area contributed by atoms with Crippen LogP contribution in [0, 0.1) is 0 Å². The van der Waals surface area contributed by atoms with Gasteiger partial charge in [-0.1, -0.05) is 23.2 Å². The zero-order chi connectivity index (χ0) is 11.1. The molecular formula is C9H5Cl2N5. The van der Waals surface area contributed by atoms with E-state index in [-0.39, 0.29) is 0 Å². The van der Waals surface area contributed by atoms with Gasteiger partial charge in [0.2, 0.25) is 0 Å². The molecule has 80 valence electrons. The maximum absolute atomic E-state index is 5.99. The summed E-state index contributed by atoms with van der Waals surface area (Å²) in [5.41, 5.74) is 2.33. The van der Waals surface area contributed by atoms with E-state index in [1.165, 1.54) is 4.52 Å². The van der Waals surface area contributed by atoms with Crippen molar-refractivity contribution in [2.45, 2.75) is 0 Å². The van der Waals surface area contributed by atoms with Crippen LogP contribution in [0.4, 0.5) is 0 Å². The molecular weight excluding hydrogens is 249 g/mol. The number of halogens is 2. The van der Waals surface area contributed by atoms with Crippen LogP contribution in [-0.2, 0) is 0 Å². The zero-order valence-electron chi connectivity index (χ0n) is 7.85. The molecule has 0 aliphatic heterocycles. The summed E-state index contributed by atoms with van der Waals surface area (Å²) in [5.74, 6) is 0. The first kappa shape index (κ1) is 9.62. The monoisotopic (exact) mass is 253 g/mol. The van der Waals surface area contributed by atoms with Crippen molar-refractivity contribution in [1.29, 1.82) is 0 Å². The average molecular weight is 254 g/mol. The van der Waals surface area contributed by atoms with Crippen LogP contribution in [0.5, 0.6) is 0 Å². The van der Waals surface area contributed by atoms with E-state index < -0.39 is 0 Å². The number of fused-ring (bicyclic) bond motifs is 1. The molecule has 0 aliphatic rings. The molecule has 0 unspecified atom stereocenters. The van der Waals surface area contributed by atoms with Crippen LogP contribution in [0.25, 0.3) is 16.8 Å². The predicted octanol–water partition coefficient (Wildman–Crippen LogP) is 2.43. The maximum atomic E-state index is 5.99. The summed E-state index contributed by atoms with van der Waals surface area (Å²) in [6, 6.07) is 1.54. The van der Waals surface area contributed by atoms with E-state index in [1.807, 2.05) is 0 Å². The van der Waals surface area contributed by atoms with Gasteiger partial charge in [0.15, 0.2) is 5.65 Å². The summed E-state index contributed by atoms with van der Waals surface area (Å²) in [5, 5.41) is 11.5. The predicted molar refractivity (Wildman–Crippen MR) is 60.6 cm³/mol. The molecule has 0 aliphatic carbocycles. The van der Waals surface area contributed by atoms with E-state index in [2.05, 4.69) is 20.3 Å². The van der Waals surface area contributed by atoms with Crippen molar-refractivity contribution in [3.05, 3.63) is 35.0 Å². The second kappa shape index (κ2) is 3.47. The third-order valence-corrected chi connectivity index (χ3v) is 2.67. The Labute approximate surface area is 100 Å². The summed E-state index contributed by atoms with van der Waals surface area (Å²) >= 11 is 11.8. The van der Waals surface area contributed by atoms with Gasteiger partial charge in [0.25, 0.3) is 0 Å². The summed E-state index contributed by atoms with van der Waals surface area (Å²) in [6.45, 7) is 0. The van der Waals surface area contributed by atoms with Crippen LogP contribution in [0.15, 0.2) is 24.7 Å². The molecule has 0 saturated heterocycles. The summed E-state index contributed by atoms with van der Waals surface area (Å²) < 4.78 is 1.52. The molecule has 7 heteroatoms. The normalized spacial score (nSPS) is 11.1. The molecule has 0 fully saturated rings. The Hall–Kier alpha value is -1.59. The molecule has 0 bridgehead atoms. The Bertz CT molecular complexity index is 643. The highest BCUT2D eigenvalue weighted by Gasteiger charge is 2.11. The molecule has 16 heavy (non-hydrogen) atoms. The number of H-pyrrole nitrogens is 1. The standard InChI is InChI=1S/C9H5Cl2N5/c10-7-1-8(11)16-9(15-7)6(4-14-16)5-2-12-13-3-5/h1-4H,(H,12,13). The van der Waals surface area contributed by atoms with E-state index in [4.69, 9.17) is 23.2 Å². The Morgan fingerprint density at radius 3 is 2.88 bits per heavy atom. The quantitative estimate of drug-likeness (QED) is 0.678. The van der Waals surface area contributed by atoms with Crippen molar-refractivity contribution in [2.24, 2.45) is 0 Å². The average Bonchev–Trinajstić information content (AvgIpc) is 2.83. The largest absolute Gasteiger partial charge is 0.285 e. The van der Waals surface area contributed by atoms with E-state index >= 15 is 0 Å². The lowest BCUT2D eigenvalue weighted by Crippen LogP contribution is -1.92. The molecule has 3 heterocycles. The Morgan fingerprint density at radius 1 is 1.25 bits per heavy atom. The lowest BCUT2D eigenvalue weighted by Gasteiger charge is -1.98. The van der Waals surface area contributed by atoms with Crippen molar-refractivity contribution in [3.8, 4) is 11.1 Å². The molecule has 3 rings (SSSR count). The number of rotatable bonds is 1. The van der Waals surface area contributed by atoms with Gasteiger partial charge in [0.05, 0.1) is 12.4 Å². The number of hydrogen-bond acceptors (Lipinski definition) is 3. The van der Waals surface area contributed by atoms with E-state index in [1.54, 1.807) is 24.7 Å². The fourth-order valence-corrected chi connectivity index (χ4v) is 1.97. The van der Waals surface area contributed by atoms with Gasteiger partial charge in [-0.15, -0.1) is 0 Å². The van der Waals surface area contributed by atoms with Crippen LogP contribution >= 0.6 is 23.2 Å². The minimum absolute atomic E-state index is 0.336.